The third-order valence-corrected chi connectivity index (χ3v) is 2.33. The van der Waals surface area contributed by atoms with Gasteiger partial charge in [-0.15, -0.1) is 0 Å². The molecule has 1 N–H and O–H groups in total. The lowest BCUT2D eigenvalue weighted by atomic mass is 10.2. The smallest absolute Gasteiger partial charge is 0.261 e. The lowest BCUT2D eigenvalue weighted by Crippen LogP contribution is -2.33. The van der Waals surface area contributed by atoms with Crippen molar-refractivity contribution in [2.75, 3.05) is 26.3 Å². The first-order valence-corrected chi connectivity index (χ1v) is 5.40. The molecule has 0 aromatic heterocycles. The van der Waals surface area contributed by atoms with Gasteiger partial charge in [-0.25, -0.2) is 8.78 Å². The molecule has 2 unspecified atom stereocenters. The lowest BCUT2D eigenvalue weighted by molar-refractivity contribution is -0.0173. The molecule has 1 aliphatic heterocycles. The van der Waals surface area contributed by atoms with Gasteiger partial charge in [0.1, 0.15) is 6.61 Å². The monoisotopic (exact) mass is 223 g/mol. The molecule has 3 nitrogen and oxygen atoms in total. The largest absolute Gasteiger partial charge is 0.377 e. The topological polar surface area (TPSA) is 30.5 Å². The Labute approximate surface area is 89.1 Å². The number of ether oxygens (including phenoxy) is 2. The van der Waals surface area contributed by atoms with Gasteiger partial charge in [-0.3, -0.25) is 0 Å². The van der Waals surface area contributed by atoms with Gasteiger partial charge in [0.25, 0.3) is 6.43 Å². The molecule has 2 atom stereocenters. The minimum atomic E-state index is -2.38. The van der Waals surface area contributed by atoms with E-state index in [4.69, 9.17) is 9.47 Å². The van der Waals surface area contributed by atoms with Crippen LogP contribution in [0.15, 0.2) is 0 Å². The molecule has 0 aliphatic carbocycles. The van der Waals surface area contributed by atoms with Crippen molar-refractivity contribution in [1.29, 1.82) is 0 Å². The standard InChI is InChI=1S/C10H19F2NO2/c1-8(15-7-10(11)12)5-13-6-9-3-2-4-14-9/h8-10,13H,2-7H2,1H3. The SMILES string of the molecule is CC(CNCC1CCCO1)OCC(F)F. The van der Waals surface area contributed by atoms with E-state index in [0.717, 1.165) is 26.0 Å². The van der Waals surface area contributed by atoms with Crippen molar-refractivity contribution in [3.63, 3.8) is 0 Å². The summed E-state index contributed by atoms with van der Waals surface area (Å²) in [6.07, 6.45) is -0.0819. The highest BCUT2D eigenvalue weighted by atomic mass is 19.3. The highest BCUT2D eigenvalue weighted by Crippen LogP contribution is 2.10. The average Bonchev–Trinajstić information content (AvgIpc) is 2.67. The Balaban J connectivity index is 1.93. The molecule has 1 saturated heterocycles. The molecule has 0 bridgehead atoms. The van der Waals surface area contributed by atoms with Gasteiger partial charge in [-0.2, -0.15) is 0 Å². The van der Waals surface area contributed by atoms with Crippen LogP contribution in [0.2, 0.25) is 0 Å². The summed E-state index contributed by atoms with van der Waals surface area (Å²) in [5.74, 6) is 0. The number of halogens is 2. The molecule has 1 aliphatic rings. The molecule has 0 radical (unpaired) electrons. The van der Waals surface area contributed by atoms with E-state index in [0.29, 0.717) is 6.54 Å². The van der Waals surface area contributed by atoms with Crippen LogP contribution in [0.4, 0.5) is 8.78 Å². The van der Waals surface area contributed by atoms with Crippen molar-refractivity contribution in [1.82, 2.24) is 5.32 Å². The predicted octanol–water partition coefficient (Wildman–Crippen LogP) is 1.43. The maximum Gasteiger partial charge on any atom is 0.261 e. The summed E-state index contributed by atoms with van der Waals surface area (Å²) >= 11 is 0. The maximum absolute atomic E-state index is 11.8. The second-order valence-corrected chi connectivity index (χ2v) is 3.83. The molecule has 1 fully saturated rings. The van der Waals surface area contributed by atoms with Crippen LogP contribution in [0.25, 0.3) is 0 Å². The van der Waals surface area contributed by atoms with E-state index < -0.39 is 13.0 Å². The first-order chi connectivity index (χ1) is 7.18. The van der Waals surface area contributed by atoms with Gasteiger partial charge in [0.05, 0.1) is 12.2 Å². The summed E-state index contributed by atoms with van der Waals surface area (Å²) in [6.45, 7) is 3.51. The predicted molar refractivity (Wildman–Crippen MR) is 53.3 cm³/mol. The van der Waals surface area contributed by atoms with Crippen LogP contribution in [0.1, 0.15) is 19.8 Å². The number of nitrogens with one attached hydrogen (secondary N) is 1. The molecular weight excluding hydrogens is 204 g/mol. The number of hydrogen-bond acceptors (Lipinski definition) is 3. The number of hydrogen-bond donors (Lipinski definition) is 1. The van der Waals surface area contributed by atoms with Gasteiger partial charge in [-0.05, 0) is 19.8 Å². The van der Waals surface area contributed by atoms with Crippen molar-refractivity contribution in [3.05, 3.63) is 0 Å². The Morgan fingerprint density at radius 1 is 1.53 bits per heavy atom. The third-order valence-electron chi connectivity index (χ3n) is 2.33. The van der Waals surface area contributed by atoms with Crippen LogP contribution in [0.5, 0.6) is 0 Å². The second-order valence-electron chi connectivity index (χ2n) is 3.83. The fraction of sp³-hybridized carbons (Fsp3) is 1.00. The van der Waals surface area contributed by atoms with Gasteiger partial charge >= 0.3 is 0 Å². The molecule has 5 heteroatoms. The zero-order chi connectivity index (χ0) is 11.1. The van der Waals surface area contributed by atoms with E-state index in [1.165, 1.54) is 0 Å². The van der Waals surface area contributed by atoms with Crippen LogP contribution in [0.3, 0.4) is 0 Å². The van der Waals surface area contributed by atoms with Gasteiger partial charge in [0.2, 0.25) is 0 Å². The summed E-state index contributed by atoms with van der Waals surface area (Å²) in [5, 5.41) is 3.16. The highest BCUT2D eigenvalue weighted by molar-refractivity contribution is 4.68. The Morgan fingerprint density at radius 3 is 2.93 bits per heavy atom. The van der Waals surface area contributed by atoms with Gasteiger partial charge in [-0.1, -0.05) is 0 Å². The maximum atomic E-state index is 11.8. The van der Waals surface area contributed by atoms with Crippen molar-refractivity contribution in [2.45, 2.75) is 38.4 Å². The number of alkyl halides is 2. The van der Waals surface area contributed by atoms with E-state index in [1.54, 1.807) is 6.92 Å². The Morgan fingerprint density at radius 2 is 2.33 bits per heavy atom. The summed E-state index contributed by atoms with van der Waals surface area (Å²) in [7, 11) is 0. The summed E-state index contributed by atoms with van der Waals surface area (Å²) < 4.78 is 33.9. The van der Waals surface area contributed by atoms with Crippen LogP contribution in [0, 0.1) is 0 Å². The molecule has 0 spiro atoms. The van der Waals surface area contributed by atoms with Crippen LogP contribution in [-0.2, 0) is 9.47 Å². The summed E-state index contributed by atoms with van der Waals surface area (Å²) in [4.78, 5) is 0. The lowest BCUT2D eigenvalue weighted by Gasteiger charge is -2.15. The Kier molecular flexibility index (Phi) is 6.05. The molecule has 0 aromatic rings. The first kappa shape index (κ1) is 12.8. The van der Waals surface area contributed by atoms with Crippen molar-refractivity contribution in [2.24, 2.45) is 0 Å². The van der Waals surface area contributed by atoms with Gasteiger partial charge in [0.15, 0.2) is 0 Å². The second kappa shape index (κ2) is 7.09. The minimum Gasteiger partial charge on any atom is -0.377 e. The number of rotatable bonds is 7. The quantitative estimate of drug-likeness (QED) is 0.708. The molecule has 0 amide bonds. The zero-order valence-electron chi connectivity index (χ0n) is 9.05. The van der Waals surface area contributed by atoms with Crippen LogP contribution in [-0.4, -0.2) is 44.9 Å². The van der Waals surface area contributed by atoms with Crippen molar-refractivity contribution in [3.8, 4) is 0 Å². The van der Waals surface area contributed by atoms with Gasteiger partial charge < -0.3 is 14.8 Å². The molecule has 0 saturated carbocycles. The van der Waals surface area contributed by atoms with E-state index in [2.05, 4.69) is 5.32 Å². The highest BCUT2D eigenvalue weighted by Gasteiger charge is 2.15. The van der Waals surface area contributed by atoms with Crippen molar-refractivity contribution < 1.29 is 18.3 Å². The zero-order valence-corrected chi connectivity index (χ0v) is 9.05. The molecule has 90 valence electrons. The fourth-order valence-corrected chi connectivity index (χ4v) is 1.55. The van der Waals surface area contributed by atoms with Gasteiger partial charge in [0, 0.05) is 19.7 Å². The van der Waals surface area contributed by atoms with E-state index in [9.17, 15) is 8.78 Å². The Hall–Kier alpha value is -0.260. The van der Waals surface area contributed by atoms with E-state index in [-0.39, 0.29) is 12.2 Å². The molecular formula is C10H19F2NO2. The first-order valence-electron chi connectivity index (χ1n) is 5.40. The van der Waals surface area contributed by atoms with E-state index in [1.807, 2.05) is 0 Å². The molecule has 1 heterocycles. The molecule has 1 rings (SSSR count). The fourth-order valence-electron chi connectivity index (χ4n) is 1.55. The Bertz CT molecular complexity index is 164. The van der Waals surface area contributed by atoms with Crippen molar-refractivity contribution >= 4 is 0 Å². The van der Waals surface area contributed by atoms with Crippen LogP contribution >= 0.6 is 0 Å². The average molecular weight is 223 g/mol. The summed E-state index contributed by atoms with van der Waals surface area (Å²) in [6, 6.07) is 0. The minimum absolute atomic E-state index is 0.180. The van der Waals surface area contributed by atoms with E-state index >= 15 is 0 Å². The summed E-state index contributed by atoms with van der Waals surface area (Å²) in [5.41, 5.74) is 0. The third kappa shape index (κ3) is 6.02. The van der Waals surface area contributed by atoms with Crippen LogP contribution < -0.4 is 5.32 Å². The molecule has 0 aromatic carbocycles. The normalized spacial score (nSPS) is 23.6. The molecule has 15 heavy (non-hydrogen) atoms.